The highest BCUT2D eigenvalue weighted by Crippen LogP contribution is 2.30. The molecule has 4 aliphatic rings. The van der Waals surface area contributed by atoms with Crippen molar-refractivity contribution >= 4 is 34.1 Å². The second-order valence-corrected chi connectivity index (χ2v) is 10.2. The van der Waals surface area contributed by atoms with Gasteiger partial charge in [0.05, 0.1) is 12.6 Å². The van der Waals surface area contributed by atoms with Gasteiger partial charge in [-0.25, -0.2) is 10.3 Å². The Morgan fingerprint density at radius 3 is 2.77 bits per heavy atom. The predicted octanol–water partition coefficient (Wildman–Crippen LogP) is -1.18. The number of fused-ring (bicyclic) bond motifs is 2. The van der Waals surface area contributed by atoms with Crippen LogP contribution < -0.4 is 10.8 Å². The molecule has 2 bridgehead atoms. The molecular weight excluding hydrogens is 438 g/mol. The van der Waals surface area contributed by atoms with Crippen LogP contribution in [0.4, 0.5) is 4.79 Å². The number of hydrogen-bond acceptors (Lipinski definition) is 9. The van der Waals surface area contributed by atoms with E-state index >= 15 is 0 Å². The van der Waals surface area contributed by atoms with Crippen molar-refractivity contribution in [3.63, 3.8) is 0 Å². The zero-order valence-corrected chi connectivity index (χ0v) is 18.1. The van der Waals surface area contributed by atoms with Crippen molar-refractivity contribution in [2.45, 2.75) is 43.4 Å². The molecule has 2 unspecified atom stereocenters. The van der Waals surface area contributed by atoms with E-state index in [-0.39, 0.29) is 12.6 Å². The van der Waals surface area contributed by atoms with Gasteiger partial charge < -0.3 is 10.2 Å². The van der Waals surface area contributed by atoms with E-state index in [2.05, 4.69) is 20.0 Å². The third-order valence-electron chi connectivity index (χ3n) is 6.02. The molecule has 14 heteroatoms. The van der Waals surface area contributed by atoms with Crippen LogP contribution in [0.25, 0.3) is 0 Å². The molecule has 0 aromatic carbocycles. The number of nitrogens with zero attached hydrogens (tertiary/aromatic N) is 3. The van der Waals surface area contributed by atoms with Crippen LogP contribution >= 0.6 is 11.8 Å². The summed E-state index contributed by atoms with van der Waals surface area (Å²) in [6, 6.07) is -1.44. The highest BCUT2D eigenvalue weighted by atomic mass is 32.3. The first kappa shape index (κ1) is 22.0. The van der Waals surface area contributed by atoms with Crippen molar-refractivity contribution in [1.29, 1.82) is 0 Å². The fourth-order valence-corrected chi connectivity index (χ4v) is 5.85. The molecule has 4 aliphatic heterocycles. The van der Waals surface area contributed by atoms with E-state index < -0.39 is 34.4 Å². The molecular formula is C16H27N5O7S2. The number of piperidine rings is 1. The lowest BCUT2D eigenvalue weighted by molar-refractivity contribution is -0.139. The van der Waals surface area contributed by atoms with E-state index in [4.69, 9.17) is 9.39 Å². The van der Waals surface area contributed by atoms with E-state index in [1.165, 1.54) is 4.90 Å². The molecule has 4 fully saturated rings. The number of hydrogen-bond donors (Lipinski definition) is 3. The highest BCUT2D eigenvalue weighted by Gasteiger charge is 2.49. The van der Waals surface area contributed by atoms with E-state index in [1.54, 1.807) is 0 Å². The van der Waals surface area contributed by atoms with Crippen molar-refractivity contribution in [2.75, 3.05) is 44.3 Å². The lowest BCUT2D eigenvalue weighted by Crippen LogP contribution is -2.50. The van der Waals surface area contributed by atoms with Crippen molar-refractivity contribution in [2.24, 2.45) is 0 Å². The van der Waals surface area contributed by atoms with Crippen molar-refractivity contribution < 1.29 is 31.7 Å². The third kappa shape index (κ3) is 5.00. The number of carbonyl (C=O) groups excluding carboxylic acids is 2. The summed E-state index contributed by atoms with van der Waals surface area (Å²) in [6.07, 6.45) is 1.67. The van der Waals surface area contributed by atoms with Crippen LogP contribution in [-0.4, -0.2) is 108 Å². The zero-order valence-electron chi connectivity index (χ0n) is 16.4. The molecule has 170 valence electrons. The summed E-state index contributed by atoms with van der Waals surface area (Å²) in [5.74, 6) is 1.87. The smallest absolute Gasteiger partial charge is 0.310 e. The molecule has 0 aromatic heterocycles. The standard InChI is InChI=1S/C16H27N5O7S2/c22-15(14-2-1-12-9-20(14)16(23)21(12)28-30(24,25)26)18-27-10-11-7-13(8-17-11)19-3-5-29-6-4-19/h11-14,17H,1-10H2,(H,18,22)(H,24,25,26)/t11-,12?,13+,14?/m1/s1. The van der Waals surface area contributed by atoms with Crippen LogP contribution in [-0.2, 0) is 24.3 Å². The van der Waals surface area contributed by atoms with Crippen LogP contribution in [0.1, 0.15) is 19.3 Å². The van der Waals surface area contributed by atoms with E-state index in [0.717, 1.165) is 37.6 Å². The minimum absolute atomic E-state index is 0.145. The second-order valence-electron chi connectivity index (χ2n) is 7.93. The van der Waals surface area contributed by atoms with Gasteiger partial charge >= 0.3 is 16.4 Å². The average molecular weight is 466 g/mol. The van der Waals surface area contributed by atoms with Gasteiger partial charge in [-0.3, -0.25) is 19.1 Å². The Bertz CT molecular complexity index is 763. The maximum atomic E-state index is 12.5. The van der Waals surface area contributed by atoms with Gasteiger partial charge in [-0.15, -0.1) is 4.28 Å². The molecule has 0 spiro atoms. The van der Waals surface area contributed by atoms with Gasteiger partial charge in [0.1, 0.15) is 6.04 Å². The summed E-state index contributed by atoms with van der Waals surface area (Å²) >= 11 is 1.98. The number of thioether (sulfide) groups is 1. The average Bonchev–Trinajstić information content (AvgIpc) is 3.27. The maximum Gasteiger partial charge on any atom is 0.418 e. The van der Waals surface area contributed by atoms with Gasteiger partial charge in [0, 0.05) is 49.8 Å². The topological polar surface area (TPSA) is 141 Å². The van der Waals surface area contributed by atoms with E-state index in [1.807, 2.05) is 11.8 Å². The first-order valence-electron chi connectivity index (χ1n) is 10.1. The molecule has 4 heterocycles. The molecule has 0 aromatic rings. The largest absolute Gasteiger partial charge is 0.418 e. The summed E-state index contributed by atoms with van der Waals surface area (Å²) < 4.78 is 35.1. The molecule has 30 heavy (non-hydrogen) atoms. The summed E-state index contributed by atoms with van der Waals surface area (Å²) in [7, 11) is -4.81. The lowest BCUT2D eigenvalue weighted by atomic mass is 10.0. The Morgan fingerprint density at radius 2 is 2.03 bits per heavy atom. The Kier molecular flexibility index (Phi) is 6.72. The quantitative estimate of drug-likeness (QED) is 0.311. The van der Waals surface area contributed by atoms with Crippen molar-refractivity contribution in [1.82, 2.24) is 25.7 Å². The third-order valence-corrected chi connectivity index (χ3v) is 7.31. The normalized spacial score (nSPS) is 32.6. The van der Waals surface area contributed by atoms with Crippen LogP contribution in [0.15, 0.2) is 0 Å². The highest BCUT2D eigenvalue weighted by molar-refractivity contribution is 7.99. The molecule has 4 rings (SSSR count). The number of nitrogens with one attached hydrogen (secondary N) is 2. The van der Waals surface area contributed by atoms with Crippen LogP contribution in [0.3, 0.4) is 0 Å². The Hall–Kier alpha value is -1.16. The Balaban J connectivity index is 1.22. The number of hydroxylamine groups is 3. The summed E-state index contributed by atoms with van der Waals surface area (Å²) in [5.41, 5.74) is 2.42. The predicted molar refractivity (Wildman–Crippen MR) is 107 cm³/mol. The van der Waals surface area contributed by atoms with Crippen LogP contribution in [0, 0.1) is 0 Å². The van der Waals surface area contributed by atoms with Gasteiger partial charge in [-0.2, -0.15) is 25.2 Å². The van der Waals surface area contributed by atoms with Gasteiger partial charge in [0.25, 0.3) is 5.91 Å². The fourth-order valence-electron chi connectivity index (χ4n) is 4.53. The van der Waals surface area contributed by atoms with Crippen molar-refractivity contribution in [3.8, 4) is 0 Å². The van der Waals surface area contributed by atoms with Gasteiger partial charge in [0.2, 0.25) is 0 Å². The van der Waals surface area contributed by atoms with E-state index in [0.29, 0.717) is 30.6 Å². The second kappa shape index (κ2) is 9.14. The van der Waals surface area contributed by atoms with Gasteiger partial charge in [-0.05, 0) is 19.3 Å². The zero-order chi connectivity index (χ0) is 21.3. The van der Waals surface area contributed by atoms with Crippen molar-refractivity contribution in [3.05, 3.63) is 0 Å². The molecule has 4 atom stereocenters. The number of amides is 3. The minimum atomic E-state index is -4.81. The first-order valence-corrected chi connectivity index (χ1v) is 12.6. The molecule has 3 amide bonds. The summed E-state index contributed by atoms with van der Waals surface area (Å²) in [5, 5.41) is 4.04. The SMILES string of the molecule is O=C(NOC[C@H]1C[C@H](N2CCSCC2)CN1)C1CCC2CN1C(=O)N2OS(=O)(=O)O. The first-order chi connectivity index (χ1) is 14.3. The molecule has 0 radical (unpaired) electrons. The fraction of sp³-hybridized carbons (Fsp3) is 0.875. The summed E-state index contributed by atoms with van der Waals surface area (Å²) in [6.45, 7) is 3.58. The number of carbonyl (C=O) groups is 2. The van der Waals surface area contributed by atoms with Gasteiger partial charge in [-0.1, -0.05) is 0 Å². The van der Waals surface area contributed by atoms with Crippen LogP contribution in [0.2, 0.25) is 0 Å². The molecule has 12 nitrogen and oxygen atoms in total. The lowest BCUT2D eigenvalue weighted by Gasteiger charge is -2.31. The van der Waals surface area contributed by atoms with Gasteiger partial charge in [0.15, 0.2) is 0 Å². The van der Waals surface area contributed by atoms with Crippen LogP contribution in [0.5, 0.6) is 0 Å². The molecule has 0 aliphatic carbocycles. The molecule has 4 saturated heterocycles. The maximum absolute atomic E-state index is 12.5. The monoisotopic (exact) mass is 465 g/mol. The molecule has 0 saturated carbocycles. The minimum Gasteiger partial charge on any atom is -0.310 e. The summed E-state index contributed by atoms with van der Waals surface area (Å²) in [4.78, 5) is 34.0. The number of rotatable bonds is 7. The Labute approximate surface area is 179 Å². The molecule has 3 N–H and O–H groups in total. The van der Waals surface area contributed by atoms with E-state index in [9.17, 15) is 18.0 Å². The Morgan fingerprint density at radius 1 is 1.27 bits per heavy atom. The number of urea groups is 1.